The molecule has 1 N–H and O–H groups in total. The lowest BCUT2D eigenvalue weighted by Gasteiger charge is -2.07. The van der Waals surface area contributed by atoms with E-state index in [-0.39, 0.29) is 17.1 Å². The van der Waals surface area contributed by atoms with Gasteiger partial charge < -0.3 is 9.73 Å². The first-order chi connectivity index (χ1) is 9.41. The van der Waals surface area contributed by atoms with E-state index in [0.717, 1.165) is 12.1 Å². The SMILES string of the molecule is CCNC(=O)c1ccc(-c2cccc(C(F)(F)F)c2)o1. The minimum absolute atomic E-state index is 0.0688. The molecule has 20 heavy (non-hydrogen) atoms. The normalized spacial score (nSPS) is 11.4. The second-order valence-electron chi connectivity index (χ2n) is 4.10. The van der Waals surface area contributed by atoms with Crippen molar-refractivity contribution < 1.29 is 22.4 Å². The highest BCUT2D eigenvalue weighted by atomic mass is 19.4. The van der Waals surface area contributed by atoms with E-state index in [4.69, 9.17) is 4.42 Å². The third-order valence-corrected chi connectivity index (χ3v) is 2.64. The molecule has 6 heteroatoms. The molecular formula is C14H12F3NO2. The van der Waals surface area contributed by atoms with E-state index in [0.29, 0.717) is 6.54 Å². The maximum atomic E-state index is 12.6. The summed E-state index contributed by atoms with van der Waals surface area (Å²) in [6.45, 7) is 2.20. The minimum Gasteiger partial charge on any atom is -0.451 e. The van der Waals surface area contributed by atoms with Crippen LogP contribution in [0.3, 0.4) is 0 Å². The molecule has 1 aromatic heterocycles. The van der Waals surface area contributed by atoms with Crippen molar-refractivity contribution in [1.82, 2.24) is 5.32 Å². The first kappa shape index (κ1) is 14.2. The van der Waals surface area contributed by atoms with Gasteiger partial charge in [0, 0.05) is 12.1 Å². The lowest BCUT2D eigenvalue weighted by molar-refractivity contribution is -0.137. The van der Waals surface area contributed by atoms with Gasteiger partial charge in [-0.25, -0.2) is 0 Å². The van der Waals surface area contributed by atoms with Gasteiger partial charge >= 0.3 is 6.18 Å². The van der Waals surface area contributed by atoms with Crippen LogP contribution >= 0.6 is 0 Å². The molecule has 1 amide bonds. The van der Waals surface area contributed by atoms with Crippen LogP contribution in [0.25, 0.3) is 11.3 Å². The van der Waals surface area contributed by atoms with Gasteiger partial charge in [0.05, 0.1) is 5.56 Å². The van der Waals surface area contributed by atoms with Gasteiger partial charge in [-0.3, -0.25) is 4.79 Å². The number of nitrogens with one attached hydrogen (secondary N) is 1. The quantitative estimate of drug-likeness (QED) is 0.933. The third kappa shape index (κ3) is 3.01. The van der Waals surface area contributed by atoms with Crippen LogP contribution in [0.5, 0.6) is 0 Å². The largest absolute Gasteiger partial charge is 0.451 e. The van der Waals surface area contributed by atoms with Crippen molar-refractivity contribution >= 4 is 5.91 Å². The Balaban J connectivity index is 2.31. The lowest BCUT2D eigenvalue weighted by Crippen LogP contribution is -2.21. The predicted molar refractivity (Wildman–Crippen MR) is 67.2 cm³/mol. The van der Waals surface area contributed by atoms with Gasteiger partial charge in [0.25, 0.3) is 5.91 Å². The van der Waals surface area contributed by atoms with E-state index in [2.05, 4.69) is 5.32 Å². The first-order valence-corrected chi connectivity index (χ1v) is 5.97. The molecule has 0 spiro atoms. The number of amides is 1. The van der Waals surface area contributed by atoms with Crippen molar-refractivity contribution in [1.29, 1.82) is 0 Å². The van der Waals surface area contributed by atoms with E-state index < -0.39 is 17.6 Å². The van der Waals surface area contributed by atoms with Crippen molar-refractivity contribution in [2.24, 2.45) is 0 Å². The zero-order chi connectivity index (χ0) is 14.8. The first-order valence-electron chi connectivity index (χ1n) is 5.97. The Morgan fingerprint density at radius 3 is 2.65 bits per heavy atom. The molecule has 0 bridgehead atoms. The van der Waals surface area contributed by atoms with E-state index in [1.807, 2.05) is 0 Å². The molecule has 0 aliphatic rings. The fraction of sp³-hybridized carbons (Fsp3) is 0.214. The van der Waals surface area contributed by atoms with Crippen molar-refractivity contribution in [2.75, 3.05) is 6.54 Å². The molecule has 106 valence electrons. The van der Waals surface area contributed by atoms with E-state index in [1.165, 1.54) is 24.3 Å². The van der Waals surface area contributed by atoms with Crippen LogP contribution in [0.2, 0.25) is 0 Å². The van der Waals surface area contributed by atoms with Crippen LogP contribution in [-0.2, 0) is 6.18 Å². The highest BCUT2D eigenvalue weighted by Gasteiger charge is 2.30. The highest BCUT2D eigenvalue weighted by Crippen LogP contribution is 2.32. The second kappa shape index (κ2) is 5.40. The summed E-state index contributed by atoms with van der Waals surface area (Å²) in [4.78, 5) is 11.5. The molecule has 0 atom stereocenters. The standard InChI is InChI=1S/C14H12F3NO2/c1-2-18-13(19)12-7-6-11(20-12)9-4-3-5-10(8-9)14(15,16)17/h3-8H,2H2,1H3,(H,18,19). The summed E-state index contributed by atoms with van der Waals surface area (Å²) in [5, 5.41) is 2.55. The molecule has 0 saturated carbocycles. The van der Waals surface area contributed by atoms with Gasteiger partial charge in [-0.15, -0.1) is 0 Å². The average Bonchev–Trinajstić information content (AvgIpc) is 2.88. The summed E-state index contributed by atoms with van der Waals surface area (Å²) in [5.74, 6) is -0.109. The topological polar surface area (TPSA) is 42.2 Å². The Hall–Kier alpha value is -2.24. The molecule has 0 aliphatic carbocycles. The molecule has 1 aromatic carbocycles. The summed E-state index contributed by atoms with van der Waals surface area (Å²) >= 11 is 0. The summed E-state index contributed by atoms with van der Waals surface area (Å²) in [6.07, 6.45) is -4.41. The molecule has 2 aromatic rings. The summed E-state index contributed by atoms with van der Waals surface area (Å²) < 4.78 is 43.1. The van der Waals surface area contributed by atoms with Gasteiger partial charge in [-0.2, -0.15) is 13.2 Å². The van der Waals surface area contributed by atoms with Crippen LogP contribution in [0.1, 0.15) is 23.0 Å². The molecule has 0 fully saturated rings. The molecule has 2 rings (SSSR count). The predicted octanol–water partition coefficient (Wildman–Crippen LogP) is 3.72. The Kier molecular flexibility index (Phi) is 3.83. The van der Waals surface area contributed by atoms with Gasteiger partial charge in [-0.05, 0) is 31.2 Å². The van der Waals surface area contributed by atoms with E-state index in [9.17, 15) is 18.0 Å². The fourth-order valence-electron chi connectivity index (χ4n) is 1.71. The summed E-state index contributed by atoms with van der Waals surface area (Å²) in [6, 6.07) is 7.67. The molecule has 1 heterocycles. The number of rotatable bonds is 3. The van der Waals surface area contributed by atoms with Crippen LogP contribution in [0.15, 0.2) is 40.8 Å². The number of alkyl halides is 3. The maximum absolute atomic E-state index is 12.6. The smallest absolute Gasteiger partial charge is 0.416 e. The third-order valence-electron chi connectivity index (χ3n) is 2.64. The van der Waals surface area contributed by atoms with Gasteiger partial charge in [-0.1, -0.05) is 12.1 Å². The minimum atomic E-state index is -4.41. The van der Waals surface area contributed by atoms with Crippen LogP contribution < -0.4 is 5.32 Å². The number of furan rings is 1. The average molecular weight is 283 g/mol. The zero-order valence-corrected chi connectivity index (χ0v) is 10.6. The Morgan fingerprint density at radius 1 is 1.25 bits per heavy atom. The fourth-order valence-corrected chi connectivity index (χ4v) is 1.71. The van der Waals surface area contributed by atoms with Crippen molar-refractivity contribution in [3.8, 4) is 11.3 Å². The number of benzene rings is 1. The lowest BCUT2D eigenvalue weighted by atomic mass is 10.1. The van der Waals surface area contributed by atoms with Crippen molar-refractivity contribution in [3.63, 3.8) is 0 Å². The number of hydrogen-bond donors (Lipinski definition) is 1. The Morgan fingerprint density at radius 2 is 2.00 bits per heavy atom. The molecule has 0 radical (unpaired) electrons. The number of halogens is 3. The van der Waals surface area contributed by atoms with Crippen LogP contribution in [0, 0.1) is 0 Å². The van der Waals surface area contributed by atoms with Crippen LogP contribution in [-0.4, -0.2) is 12.5 Å². The molecular weight excluding hydrogens is 271 g/mol. The summed E-state index contributed by atoms with van der Waals surface area (Å²) in [7, 11) is 0. The molecule has 3 nitrogen and oxygen atoms in total. The molecule has 0 unspecified atom stereocenters. The van der Waals surface area contributed by atoms with Crippen LogP contribution in [0.4, 0.5) is 13.2 Å². The number of carbonyl (C=O) groups excluding carboxylic acids is 1. The monoisotopic (exact) mass is 283 g/mol. The maximum Gasteiger partial charge on any atom is 0.416 e. The van der Waals surface area contributed by atoms with Gasteiger partial charge in [0.2, 0.25) is 0 Å². The van der Waals surface area contributed by atoms with E-state index in [1.54, 1.807) is 6.92 Å². The second-order valence-corrected chi connectivity index (χ2v) is 4.10. The van der Waals surface area contributed by atoms with Gasteiger partial charge in [0.15, 0.2) is 5.76 Å². The Bertz CT molecular complexity index is 617. The van der Waals surface area contributed by atoms with Crippen molar-refractivity contribution in [3.05, 3.63) is 47.7 Å². The van der Waals surface area contributed by atoms with E-state index >= 15 is 0 Å². The molecule has 0 saturated heterocycles. The van der Waals surface area contributed by atoms with Gasteiger partial charge in [0.1, 0.15) is 5.76 Å². The Labute approximate surface area is 113 Å². The highest BCUT2D eigenvalue weighted by molar-refractivity contribution is 5.92. The zero-order valence-electron chi connectivity index (χ0n) is 10.6. The summed E-state index contributed by atoms with van der Waals surface area (Å²) in [5.41, 5.74) is -0.485. The molecule has 0 aliphatic heterocycles. The number of hydrogen-bond acceptors (Lipinski definition) is 2. The van der Waals surface area contributed by atoms with Crippen molar-refractivity contribution in [2.45, 2.75) is 13.1 Å². The number of carbonyl (C=O) groups is 1.